The van der Waals surface area contributed by atoms with E-state index in [2.05, 4.69) is 15.9 Å². The first-order valence-electron chi connectivity index (χ1n) is 5.18. The maximum Gasteiger partial charge on any atom is 0.302 e. The molecule has 6 nitrogen and oxygen atoms in total. The quantitative estimate of drug-likeness (QED) is 0.598. The predicted octanol–water partition coefficient (Wildman–Crippen LogP) is 0.352. The van der Waals surface area contributed by atoms with E-state index in [9.17, 15) is 14.7 Å². The van der Waals surface area contributed by atoms with Crippen LogP contribution in [-0.2, 0) is 23.8 Å². The summed E-state index contributed by atoms with van der Waals surface area (Å²) in [7, 11) is 0. The summed E-state index contributed by atoms with van der Waals surface area (Å²) in [5.74, 6) is -0.927. The second-order valence-electron chi connectivity index (χ2n) is 3.76. The van der Waals surface area contributed by atoms with Crippen molar-refractivity contribution in [2.24, 2.45) is 0 Å². The van der Waals surface area contributed by atoms with Gasteiger partial charge in [-0.3, -0.25) is 9.59 Å². The molecule has 1 saturated heterocycles. The van der Waals surface area contributed by atoms with E-state index < -0.39 is 30.3 Å². The molecule has 2 unspecified atom stereocenters. The Morgan fingerprint density at radius 1 is 1.41 bits per heavy atom. The summed E-state index contributed by atoms with van der Waals surface area (Å²) in [4.78, 5) is 21.5. The molecule has 0 aromatic rings. The SMILES string of the molecule is CC(=O)OCC1O[C@H](Br)CC(OC(C)=O)[C@@H]1O. The zero-order chi connectivity index (χ0) is 13.0. The molecule has 0 aromatic carbocycles. The smallest absolute Gasteiger partial charge is 0.302 e. The fourth-order valence-electron chi connectivity index (χ4n) is 1.56. The molecule has 1 aliphatic heterocycles. The number of halogens is 1. The molecule has 1 rings (SSSR count). The van der Waals surface area contributed by atoms with Crippen LogP contribution in [-0.4, -0.2) is 47.0 Å². The van der Waals surface area contributed by atoms with Gasteiger partial charge in [-0.15, -0.1) is 0 Å². The summed E-state index contributed by atoms with van der Waals surface area (Å²) in [6, 6.07) is 0. The Morgan fingerprint density at radius 2 is 2.06 bits per heavy atom. The van der Waals surface area contributed by atoms with Crippen LogP contribution >= 0.6 is 15.9 Å². The lowest BCUT2D eigenvalue weighted by Gasteiger charge is -2.36. The van der Waals surface area contributed by atoms with Gasteiger partial charge < -0.3 is 19.3 Å². The van der Waals surface area contributed by atoms with E-state index in [-0.39, 0.29) is 11.6 Å². The third kappa shape index (κ3) is 4.61. The molecule has 1 aliphatic rings. The second-order valence-corrected chi connectivity index (χ2v) is 4.78. The lowest BCUT2D eigenvalue weighted by molar-refractivity contribution is -0.189. The van der Waals surface area contributed by atoms with Gasteiger partial charge in [-0.1, -0.05) is 15.9 Å². The van der Waals surface area contributed by atoms with Crippen molar-refractivity contribution in [1.29, 1.82) is 0 Å². The summed E-state index contributed by atoms with van der Waals surface area (Å²) in [6.45, 7) is 2.47. The van der Waals surface area contributed by atoms with Gasteiger partial charge in [0.25, 0.3) is 0 Å². The van der Waals surface area contributed by atoms with Crippen LogP contribution in [0, 0.1) is 0 Å². The molecule has 4 atom stereocenters. The minimum Gasteiger partial charge on any atom is -0.463 e. The van der Waals surface area contributed by atoms with Crippen LogP contribution in [0.25, 0.3) is 0 Å². The van der Waals surface area contributed by atoms with Crippen LogP contribution in [0.5, 0.6) is 0 Å². The third-order valence-electron chi connectivity index (χ3n) is 2.27. The van der Waals surface area contributed by atoms with E-state index in [1.54, 1.807) is 0 Å². The topological polar surface area (TPSA) is 82.1 Å². The van der Waals surface area contributed by atoms with Crippen LogP contribution in [0.15, 0.2) is 0 Å². The van der Waals surface area contributed by atoms with Gasteiger partial charge in [0.15, 0.2) is 0 Å². The highest BCUT2D eigenvalue weighted by molar-refractivity contribution is 9.09. The molecule has 1 fully saturated rings. The van der Waals surface area contributed by atoms with E-state index >= 15 is 0 Å². The lowest BCUT2D eigenvalue weighted by Crippen LogP contribution is -2.50. The largest absolute Gasteiger partial charge is 0.463 e. The summed E-state index contributed by atoms with van der Waals surface area (Å²) in [5.41, 5.74) is 0. The molecule has 7 heteroatoms. The van der Waals surface area contributed by atoms with Crippen LogP contribution in [0.1, 0.15) is 20.3 Å². The van der Waals surface area contributed by atoms with Crippen LogP contribution in [0.2, 0.25) is 0 Å². The predicted molar refractivity (Wildman–Crippen MR) is 60.4 cm³/mol. The van der Waals surface area contributed by atoms with Crippen molar-refractivity contribution < 1.29 is 28.9 Å². The van der Waals surface area contributed by atoms with E-state index in [0.29, 0.717) is 6.42 Å². The summed E-state index contributed by atoms with van der Waals surface area (Å²) < 4.78 is 15.1. The monoisotopic (exact) mass is 310 g/mol. The maximum atomic E-state index is 10.9. The Hall–Kier alpha value is -0.660. The fraction of sp³-hybridized carbons (Fsp3) is 0.800. The van der Waals surface area contributed by atoms with Gasteiger partial charge in [-0.2, -0.15) is 0 Å². The number of hydrogen-bond acceptors (Lipinski definition) is 6. The first-order chi connectivity index (χ1) is 7.90. The van der Waals surface area contributed by atoms with Crippen LogP contribution in [0.4, 0.5) is 0 Å². The Labute approximate surface area is 107 Å². The number of aliphatic hydroxyl groups excluding tert-OH is 1. The number of carbonyl (C=O) groups excluding carboxylic acids is 2. The molecule has 98 valence electrons. The minimum atomic E-state index is -1.01. The maximum absolute atomic E-state index is 10.9. The molecule has 0 aliphatic carbocycles. The van der Waals surface area contributed by atoms with Crippen molar-refractivity contribution in [2.45, 2.75) is 43.6 Å². The Bertz CT molecular complexity index is 295. The van der Waals surface area contributed by atoms with Crippen molar-refractivity contribution in [1.82, 2.24) is 0 Å². The highest BCUT2D eigenvalue weighted by Gasteiger charge is 2.39. The molecule has 0 aromatic heterocycles. The van der Waals surface area contributed by atoms with E-state index in [4.69, 9.17) is 14.2 Å². The average Bonchev–Trinajstić information content (AvgIpc) is 2.19. The van der Waals surface area contributed by atoms with Crippen LogP contribution in [0.3, 0.4) is 0 Å². The van der Waals surface area contributed by atoms with Gasteiger partial charge >= 0.3 is 11.9 Å². The van der Waals surface area contributed by atoms with Crippen molar-refractivity contribution in [3.63, 3.8) is 0 Å². The number of esters is 2. The van der Waals surface area contributed by atoms with Crippen molar-refractivity contribution >= 4 is 27.9 Å². The molecular weight excluding hydrogens is 296 g/mol. The average molecular weight is 311 g/mol. The summed E-state index contributed by atoms with van der Waals surface area (Å²) in [5, 5.41) is 9.54. The molecule has 0 spiro atoms. The molecule has 0 radical (unpaired) electrons. The number of carbonyl (C=O) groups is 2. The van der Waals surface area contributed by atoms with Gasteiger partial charge in [0.2, 0.25) is 0 Å². The van der Waals surface area contributed by atoms with Gasteiger partial charge in [0, 0.05) is 20.3 Å². The van der Waals surface area contributed by atoms with Gasteiger partial charge in [-0.05, 0) is 0 Å². The summed E-state index contributed by atoms with van der Waals surface area (Å²) >= 11 is 3.23. The minimum absolute atomic E-state index is 0.0731. The number of alkyl halides is 1. The van der Waals surface area contributed by atoms with E-state index in [1.165, 1.54) is 13.8 Å². The zero-order valence-corrected chi connectivity index (χ0v) is 11.2. The van der Waals surface area contributed by atoms with Gasteiger partial charge in [0.05, 0.1) is 0 Å². The highest BCUT2D eigenvalue weighted by Crippen LogP contribution is 2.26. The molecule has 17 heavy (non-hydrogen) atoms. The Morgan fingerprint density at radius 3 is 2.59 bits per heavy atom. The van der Waals surface area contributed by atoms with Gasteiger partial charge in [0.1, 0.15) is 29.9 Å². The first-order valence-corrected chi connectivity index (χ1v) is 6.10. The fourth-order valence-corrected chi connectivity index (χ4v) is 2.20. The van der Waals surface area contributed by atoms with Crippen molar-refractivity contribution in [3.8, 4) is 0 Å². The summed E-state index contributed by atoms with van der Waals surface area (Å²) in [6.07, 6.45) is -2.03. The van der Waals surface area contributed by atoms with Crippen molar-refractivity contribution in [3.05, 3.63) is 0 Å². The molecule has 0 saturated carbocycles. The highest BCUT2D eigenvalue weighted by atomic mass is 79.9. The molecule has 1 heterocycles. The van der Waals surface area contributed by atoms with E-state index in [1.807, 2.05) is 0 Å². The van der Waals surface area contributed by atoms with Crippen LogP contribution < -0.4 is 0 Å². The number of ether oxygens (including phenoxy) is 3. The standard InChI is InChI=1S/C10H15BrO6/c1-5(12)15-4-8-10(14)7(16-6(2)13)3-9(11)17-8/h7-10,14H,3-4H2,1-2H3/t7?,8?,9-,10-/m0/s1. The molecule has 0 amide bonds. The van der Waals surface area contributed by atoms with E-state index in [0.717, 1.165) is 0 Å². The zero-order valence-electron chi connectivity index (χ0n) is 9.59. The normalized spacial score (nSPS) is 32.9. The molecule has 1 N–H and O–H groups in total. The molecule has 0 bridgehead atoms. The van der Waals surface area contributed by atoms with Gasteiger partial charge in [-0.25, -0.2) is 0 Å². The third-order valence-corrected chi connectivity index (χ3v) is 2.86. The number of rotatable bonds is 3. The second kappa shape index (κ2) is 6.32. The number of hydrogen-bond donors (Lipinski definition) is 1. The Balaban J connectivity index is 2.57. The van der Waals surface area contributed by atoms with Crippen molar-refractivity contribution in [2.75, 3.05) is 6.61 Å². The Kier molecular flexibility index (Phi) is 5.35. The lowest BCUT2D eigenvalue weighted by atomic mass is 10.0. The number of aliphatic hydroxyl groups is 1. The first kappa shape index (κ1) is 14.4. The molecular formula is C10H15BrO6.